The minimum atomic E-state index is -0.684. The highest BCUT2D eigenvalue weighted by atomic mass is 16.6. The number of hydrogen-bond acceptors (Lipinski definition) is 4. The average molecular weight is 306 g/mol. The van der Waals surface area contributed by atoms with Gasteiger partial charge in [0.05, 0.1) is 6.61 Å². The number of para-hydroxylation sites is 1. The third-order valence-electron chi connectivity index (χ3n) is 3.29. The van der Waals surface area contributed by atoms with Gasteiger partial charge in [-0.1, -0.05) is 18.2 Å². The van der Waals surface area contributed by atoms with E-state index >= 15 is 0 Å². The van der Waals surface area contributed by atoms with Gasteiger partial charge in [0.2, 0.25) is 5.91 Å². The summed E-state index contributed by atoms with van der Waals surface area (Å²) in [5.41, 5.74) is 1.12. The quantitative estimate of drug-likeness (QED) is 0.886. The lowest BCUT2D eigenvalue weighted by Crippen LogP contribution is -2.54. The molecule has 1 aromatic carbocycles. The molecule has 0 saturated heterocycles. The summed E-state index contributed by atoms with van der Waals surface area (Å²) in [5.74, 6) is -0.237. The van der Waals surface area contributed by atoms with Crippen molar-refractivity contribution < 1.29 is 19.4 Å². The third kappa shape index (κ3) is 3.76. The number of amides is 2. The van der Waals surface area contributed by atoms with Crippen molar-refractivity contribution in [3.05, 3.63) is 29.8 Å². The molecule has 0 aromatic heterocycles. The highest BCUT2D eigenvalue weighted by molar-refractivity contribution is 6.01. The number of nitrogens with one attached hydrogen (secondary N) is 1. The monoisotopic (exact) mass is 306 g/mol. The number of alkyl carbamates (subject to hydrolysis) is 1. The Morgan fingerprint density at radius 3 is 2.73 bits per heavy atom. The molecule has 1 aliphatic heterocycles. The summed E-state index contributed by atoms with van der Waals surface area (Å²) in [6.45, 7) is 5.36. The molecule has 2 rings (SSSR count). The zero-order valence-electron chi connectivity index (χ0n) is 13.1. The molecule has 2 amide bonds. The van der Waals surface area contributed by atoms with Crippen LogP contribution >= 0.6 is 0 Å². The molecular formula is C16H22N2O4. The largest absolute Gasteiger partial charge is 0.444 e. The van der Waals surface area contributed by atoms with E-state index in [1.54, 1.807) is 20.8 Å². The number of ether oxygens (including phenoxy) is 1. The summed E-state index contributed by atoms with van der Waals surface area (Å²) in [6, 6.07) is 6.80. The van der Waals surface area contributed by atoms with E-state index in [4.69, 9.17) is 4.74 Å². The maximum Gasteiger partial charge on any atom is 0.408 e. The number of benzene rings is 1. The fourth-order valence-corrected chi connectivity index (χ4v) is 2.45. The number of carbonyl (C=O) groups excluding carboxylic acids is 2. The van der Waals surface area contributed by atoms with Crippen molar-refractivity contribution in [1.29, 1.82) is 0 Å². The molecule has 0 radical (unpaired) electrons. The first kappa shape index (κ1) is 16.3. The number of nitrogens with zero attached hydrogens (tertiary/aromatic N) is 1. The Bertz CT molecular complexity index is 566. The van der Waals surface area contributed by atoms with Gasteiger partial charge in [0.15, 0.2) is 0 Å². The van der Waals surface area contributed by atoms with Crippen molar-refractivity contribution in [2.45, 2.75) is 38.8 Å². The number of carbonyl (C=O) groups is 2. The summed E-state index contributed by atoms with van der Waals surface area (Å²) < 4.78 is 5.20. The second-order valence-electron chi connectivity index (χ2n) is 6.25. The summed E-state index contributed by atoms with van der Waals surface area (Å²) >= 11 is 0. The fraction of sp³-hybridized carbons (Fsp3) is 0.500. The van der Waals surface area contributed by atoms with Gasteiger partial charge >= 0.3 is 6.09 Å². The van der Waals surface area contributed by atoms with Crippen LogP contribution in [0.25, 0.3) is 0 Å². The van der Waals surface area contributed by atoms with Gasteiger partial charge in [-0.25, -0.2) is 4.79 Å². The van der Waals surface area contributed by atoms with Crippen molar-refractivity contribution >= 4 is 17.7 Å². The second kappa shape index (κ2) is 6.36. The van der Waals surface area contributed by atoms with Gasteiger partial charge in [-0.2, -0.15) is 0 Å². The summed E-state index contributed by atoms with van der Waals surface area (Å²) in [6.07, 6.45) is -0.204. The van der Waals surface area contributed by atoms with Crippen LogP contribution in [0, 0.1) is 0 Å². The zero-order valence-corrected chi connectivity index (χ0v) is 13.1. The molecule has 0 bridgehead atoms. The van der Waals surface area contributed by atoms with Gasteiger partial charge in [-0.05, 0) is 32.4 Å². The molecule has 22 heavy (non-hydrogen) atoms. The predicted molar refractivity (Wildman–Crippen MR) is 82.7 cm³/mol. The van der Waals surface area contributed by atoms with Crippen molar-refractivity contribution in [1.82, 2.24) is 5.32 Å². The highest BCUT2D eigenvalue weighted by Gasteiger charge is 2.34. The molecule has 0 spiro atoms. The Hall–Kier alpha value is -2.08. The van der Waals surface area contributed by atoms with E-state index in [1.165, 1.54) is 4.90 Å². The van der Waals surface area contributed by atoms with Gasteiger partial charge in [0, 0.05) is 18.7 Å². The molecule has 120 valence electrons. The summed E-state index contributed by atoms with van der Waals surface area (Å²) in [4.78, 5) is 25.9. The van der Waals surface area contributed by atoms with E-state index in [2.05, 4.69) is 5.32 Å². The number of anilines is 1. The van der Waals surface area contributed by atoms with Crippen LogP contribution in [-0.2, 0) is 16.0 Å². The molecule has 0 saturated carbocycles. The normalized spacial score (nSPS) is 17.9. The molecule has 1 aliphatic rings. The first-order chi connectivity index (χ1) is 10.3. The molecule has 0 fully saturated rings. The number of fused-ring (bicyclic) bond motifs is 1. The van der Waals surface area contributed by atoms with Crippen LogP contribution in [0.3, 0.4) is 0 Å². The number of hydrogen-bond donors (Lipinski definition) is 2. The third-order valence-corrected chi connectivity index (χ3v) is 3.29. The molecule has 6 nitrogen and oxygen atoms in total. The fourth-order valence-electron chi connectivity index (χ4n) is 2.45. The maximum atomic E-state index is 12.5. The highest BCUT2D eigenvalue weighted by Crippen LogP contribution is 2.27. The van der Waals surface area contributed by atoms with Crippen molar-refractivity contribution in [2.24, 2.45) is 0 Å². The van der Waals surface area contributed by atoms with E-state index < -0.39 is 17.7 Å². The zero-order chi connectivity index (χ0) is 16.3. The Morgan fingerprint density at radius 1 is 1.41 bits per heavy atom. The molecule has 6 heteroatoms. The summed E-state index contributed by atoms with van der Waals surface area (Å²) in [5, 5.41) is 11.8. The molecular weight excluding hydrogens is 284 g/mol. The van der Waals surface area contributed by atoms with E-state index in [1.807, 2.05) is 24.3 Å². The van der Waals surface area contributed by atoms with Crippen LogP contribution in [0.4, 0.5) is 10.5 Å². The lowest BCUT2D eigenvalue weighted by molar-refractivity contribution is -0.121. The Kier molecular flexibility index (Phi) is 4.71. The number of β-amino-alcohol motifs (C(OH)–C–C–N with tert-alkyl or cyclic N) is 1. The average Bonchev–Trinajstić information content (AvgIpc) is 2.41. The smallest absolute Gasteiger partial charge is 0.408 e. The topological polar surface area (TPSA) is 78.9 Å². The minimum absolute atomic E-state index is 0.140. The van der Waals surface area contributed by atoms with E-state index in [-0.39, 0.29) is 19.1 Å². The van der Waals surface area contributed by atoms with Crippen LogP contribution in [0.15, 0.2) is 24.3 Å². The lowest BCUT2D eigenvalue weighted by atomic mass is 9.97. The first-order valence-corrected chi connectivity index (χ1v) is 7.31. The number of aliphatic hydroxyl groups excluding tert-OH is 1. The maximum absolute atomic E-state index is 12.5. The van der Waals surface area contributed by atoms with Crippen molar-refractivity contribution in [3.63, 3.8) is 0 Å². The van der Waals surface area contributed by atoms with Crippen LogP contribution in [0.2, 0.25) is 0 Å². The molecule has 0 unspecified atom stereocenters. The van der Waals surface area contributed by atoms with Gasteiger partial charge in [-0.3, -0.25) is 4.79 Å². The van der Waals surface area contributed by atoms with Crippen molar-refractivity contribution in [3.8, 4) is 0 Å². The molecule has 0 aliphatic carbocycles. The minimum Gasteiger partial charge on any atom is -0.444 e. The molecule has 2 N–H and O–H groups in total. The van der Waals surface area contributed by atoms with Crippen LogP contribution < -0.4 is 10.2 Å². The lowest BCUT2D eigenvalue weighted by Gasteiger charge is -2.34. The van der Waals surface area contributed by atoms with Gasteiger partial charge in [0.25, 0.3) is 0 Å². The SMILES string of the molecule is CC(C)(C)OC(=O)N[C@H]1Cc2ccccc2N(CCO)C1=O. The molecule has 1 atom stereocenters. The Labute approximate surface area is 130 Å². The van der Waals surface area contributed by atoms with Crippen LogP contribution in [-0.4, -0.2) is 41.9 Å². The number of rotatable bonds is 3. The molecule has 1 aromatic rings. The number of aliphatic hydroxyl groups is 1. The van der Waals surface area contributed by atoms with E-state index in [0.717, 1.165) is 11.3 Å². The van der Waals surface area contributed by atoms with Gasteiger partial charge < -0.3 is 20.1 Å². The van der Waals surface area contributed by atoms with E-state index in [0.29, 0.717) is 6.42 Å². The van der Waals surface area contributed by atoms with Gasteiger partial charge in [0.1, 0.15) is 11.6 Å². The van der Waals surface area contributed by atoms with Crippen LogP contribution in [0.5, 0.6) is 0 Å². The predicted octanol–water partition coefficient (Wildman–Crippen LogP) is 1.46. The molecule has 1 heterocycles. The Balaban J connectivity index is 2.17. The first-order valence-electron chi connectivity index (χ1n) is 7.31. The van der Waals surface area contributed by atoms with E-state index in [9.17, 15) is 14.7 Å². The second-order valence-corrected chi connectivity index (χ2v) is 6.25. The van der Waals surface area contributed by atoms with Gasteiger partial charge in [-0.15, -0.1) is 0 Å². The standard InChI is InChI=1S/C16H22N2O4/c1-16(2,3)22-15(21)17-12-10-11-6-4-5-7-13(11)18(8-9-19)14(12)20/h4-7,12,19H,8-10H2,1-3H3,(H,17,21)/t12-/m0/s1. The van der Waals surface area contributed by atoms with Crippen molar-refractivity contribution in [2.75, 3.05) is 18.1 Å². The van der Waals surface area contributed by atoms with Crippen LogP contribution in [0.1, 0.15) is 26.3 Å². The Morgan fingerprint density at radius 2 is 2.09 bits per heavy atom. The summed E-state index contributed by atoms with van der Waals surface area (Å²) in [7, 11) is 0.